The first-order valence-corrected chi connectivity index (χ1v) is 5.41. The Kier molecular flexibility index (Phi) is 6.72. The lowest BCUT2D eigenvalue weighted by Gasteiger charge is -2.20. The monoisotopic (exact) mass is 230 g/mol. The number of hydrogen-bond acceptors (Lipinski definition) is 4. The van der Waals surface area contributed by atoms with Crippen LogP contribution in [0.4, 0.5) is 0 Å². The number of amides is 1. The minimum Gasteiger partial charge on any atom is -0.468 e. The molecule has 0 rings (SSSR count). The van der Waals surface area contributed by atoms with E-state index in [0.29, 0.717) is 5.92 Å². The second-order valence-corrected chi connectivity index (χ2v) is 4.35. The summed E-state index contributed by atoms with van der Waals surface area (Å²) in [4.78, 5) is 24.1. The minimum absolute atomic E-state index is 0.0763. The molecule has 5 nitrogen and oxygen atoms in total. The fourth-order valence-corrected chi connectivity index (χ4v) is 1.05. The number of hydrogen-bond donors (Lipinski definition) is 1. The quantitative estimate of drug-likeness (QED) is 0.665. The average Bonchev–Trinajstić information content (AvgIpc) is 2.16. The first-order chi connectivity index (χ1) is 7.36. The number of carbonyl (C=O) groups is 2. The van der Waals surface area contributed by atoms with E-state index in [0.717, 1.165) is 0 Å². The zero-order valence-corrected chi connectivity index (χ0v) is 10.7. The molecule has 0 aromatic rings. The highest BCUT2D eigenvalue weighted by atomic mass is 16.5. The maximum atomic E-state index is 11.5. The lowest BCUT2D eigenvalue weighted by Crippen LogP contribution is -2.43. The molecule has 0 bridgehead atoms. The predicted octanol–water partition coefficient (Wildman–Crippen LogP) is 0.252. The Hall–Kier alpha value is -1.10. The number of esters is 1. The summed E-state index contributed by atoms with van der Waals surface area (Å²) in [5.74, 6) is -0.0188. The summed E-state index contributed by atoms with van der Waals surface area (Å²) in [7, 11) is 3.04. The molecule has 1 N–H and O–H groups in total. The Morgan fingerprint density at radius 2 is 1.81 bits per heavy atom. The molecule has 5 heteroatoms. The number of ether oxygens (including phenoxy) is 1. The van der Waals surface area contributed by atoms with Gasteiger partial charge in [-0.05, 0) is 19.9 Å². The predicted molar refractivity (Wildman–Crippen MR) is 62.0 cm³/mol. The van der Waals surface area contributed by atoms with Gasteiger partial charge in [0.1, 0.15) is 0 Å². The smallest absolute Gasteiger partial charge is 0.319 e. The average molecular weight is 230 g/mol. The molecule has 1 amide bonds. The molecular formula is C11H22N2O3. The topological polar surface area (TPSA) is 58.6 Å². The summed E-state index contributed by atoms with van der Waals surface area (Å²) >= 11 is 0. The molecule has 0 radical (unpaired) electrons. The Labute approximate surface area is 97.1 Å². The molecule has 1 atom stereocenters. The highest BCUT2D eigenvalue weighted by Gasteiger charge is 2.14. The first-order valence-electron chi connectivity index (χ1n) is 5.41. The second kappa shape index (κ2) is 7.22. The highest BCUT2D eigenvalue weighted by Crippen LogP contribution is 1.99. The standard InChI is InChI=1S/C11H22N2O3/c1-8(2)9(3)12-10(14)6-13(4)7-11(15)16-5/h8-9H,6-7H2,1-5H3,(H,12,14). The van der Waals surface area contributed by atoms with Gasteiger partial charge < -0.3 is 10.1 Å². The lowest BCUT2D eigenvalue weighted by atomic mass is 10.1. The van der Waals surface area contributed by atoms with E-state index in [4.69, 9.17) is 0 Å². The molecule has 0 aliphatic carbocycles. The van der Waals surface area contributed by atoms with Crippen molar-refractivity contribution in [1.29, 1.82) is 0 Å². The van der Waals surface area contributed by atoms with Crippen molar-refractivity contribution >= 4 is 11.9 Å². The number of rotatable bonds is 6. The Balaban J connectivity index is 3.91. The van der Waals surface area contributed by atoms with Gasteiger partial charge in [0.05, 0.1) is 20.2 Å². The van der Waals surface area contributed by atoms with E-state index in [1.165, 1.54) is 7.11 Å². The molecule has 0 fully saturated rings. The van der Waals surface area contributed by atoms with Crippen LogP contribution in [-0.2, 0) is 14.3 Å². The van der Waals surface area contributed by atoms with E-state index in [1.807, 2.05) is 20.8 Å². The third kappa shape index (κ3) is 6.40. The summed E-state index contributed by atoms with van der Waals surface area (Å²) in [5.41, 5.74) is 0. The maximum absolute atomic E-state index is 11.5. The Bertz CT molecular complexity index is 241. The van der Waals surface area contributed by atoms with Crippen molar-refractivity contribution in [2.75, 3.05) is 27.2 Å². The van der Waals surface area contributed by atoms with Crippen LogP contribution in [0.2, 0.25) is 0 Å². The van der Waals surface area contributed by atoms with E-state index in [2.05, 4.69) is 10.1 Å². The van der Waals surface area contributed by atoms with Gasteiger partial charge in [-0.2, -0.15) is 0 Å². The van der Waals surface area contributed by atoms with Crippen molar-refractivity contribution in [3.05, 3.63) is 0 Å². The third-order valence-corrected chi connectivity index (χ3v) is 2.43. The molecular weight excluding hydrogens is 208 g/mol. The SMILES string of the molecule is COC(=O)CN(C)CC(=O)NC(C)C(C)C. The van der Waals surface area contributed by atoms with Crippen molar-refractivity contribution in [2.45, 2.75) is 26.8 Å². The van der Waals surface area contributed by atoms with Gasteiger partial charge in [-0.3, -0.25) is 14.5 Å². The molecule has 0 spiro atoms. The minimum atomic E-state index is -0.341. The second-order valence-electron chi connectivity index (χ2n) is 4.35. The summed E-state index contributed by atoms with van der Waals surface area (Å²) in [6.45, 7) is 6.38. The van der Waals surface area contributed by atoms with Gasteiger partial charge in [-0.1, -0.05) is 13.8 Å². The third-order valence-electron chi connectivity index (χ3n) is 2.43. The van der Waals surface area contributed by atoms with Crippen LogP contribution in [0.1, 0.15) is 20.8 Å². The molecule has 0 saturated carbocycles. The van der Waals surface area contributed by atoms with Crippen LogP contribution in [0, 0.1) is 5.92 Å². The zero-order valence-electron chi connectivity index (χ0n) is 10.7. The molecule has 94 valence electrons. The molecule has 0 aromatic heterocycles. The van der Waals surface area contributed by atoms with E-state index in [9.17, 15) is 9.59 Å². The van der Waals surface area contributed by atoms with E-state index in [-0.39, 0.29) is 31.0 Å². The van der Waals surface area contributed by atoms with Gasteiger partial charge in [0, 0.05) is 6.04 Å². The van der Waals surface area contributed by atoms with Gasteiger partial charge in [-0.25, -0.2) is 0 Å². The number of likely N-dealkylation sites (N-methyl/N-ethyl adjacent to an activating group) is 1. The van der Waals surface area contributed by atoms with Crippen molar-refractivity contribution in [3.63, 3.8) is 0 Å². The summed E-state index contributed by atoms with van der Waals surface area (Å²) in [5, 5.41) is 2.87. The van der Waals surface area contributed by atoms with Crippen LogP contribution in [-0.4, -0.2) is 50.1 Å². The van der Waals surface area contributed by atoms with Crippen molar-refractivity contribution < 1.29 is 14.3 Å². The van der Waals surface area contributed by atoms with Crippen LogP contribution < -0.4 is 5.32 Å². The van der Waals surface area contributed by atoms with Crippen molar-refractivity contribution in [1.82, 2.24) is 10.2 Å². The van der Waals surface area contributed by atoms with Gasteiger partial charge >= 0.3 is 5.97 Å². The van der Waals surface area contributed by atoms with Gasteiger partial charge in [0.2, 0.25) is 5.91 Å². The number of nitrogens with one attached hydrogen (secondary N) is 1. The van der Waals surface area contributed by atoms with Crippen LogP contribution in [0.25, 0.3) is 0 Å². The van der Waals surface area contributed by atoms with Crippen LogP contribution in [0.15, 0.2) is 0 Å². The molecule has 1 unspecified atom stereocenters. The summed E-state index contributed by atoms with van der Waals surface area (Å²) in [6, 6.07) is 0.138. The number of methoxy groups -OCH3 is 1. The van der Waals surface area contributed by atoms with Crippen LogP contribution in [0.5, 0.6) is 0 Å². The molecule has 0 aromatic carbocycles. The first kappa shape index (κ1) is 14.9. The molecule has 0 heterocycles. The fourth-order valence-electron chi connectivity index (χ4n) is 1.05. The number of nitrogens with zero attached hydrogens (tertiary/aromatic N) is 1. The van der Waals surface area contributed by atoms with Gasteiger partial charge in [0.15, 0.2) is 0 Å². The normalized spacial score (nSPS) is 12.7. The van der Waals surface area contributed by atoms with Crippen LogP contribution in [0.3, 0.4) is 0 Å². The van der Waals surface area contributed by atoms with Gasteiger partial charge in [0.25, 0.3) is 0 Å². The number of carbonyl (C=O) groups excluding carboxylic acids is 2. The Morgan fingerprint density at radius 1 is 1.25 bits per heavy atom. The van der Waals surface area contributed by atoms with Crippen molar-refractivity contribution in [2.24, 2.45) is 5.92 Å². The van der Waals surface area contributed by atoms with Gasteiger partial charge in [-0.15, -0.1) is 0 Å². The molecule has 0 saturated heterocycles. The van der Waals surface area contributed by atoms with E-state index >= 15 is 0 Å². The highest BCUT2D eigenvalue weighted by molar-refractivity contribution is 5.79. The largest absolute Gasteiger partial charge is 0.468 e. The lowest BCUT2D eigenvalue weighted by molar-refractivity contribution is -0.141. The van der Waals surface area contributed by atoms with E-state index in [1.54, 1.807) is 11.9 Å². The summed E-state index contributed by atoms with van der Waals surface area (Å²) in [6.07, 6.45) is 0. The maximum Gasteiger partial charge on any atom is 0.319 e. The van der Waals surface area contributed by atoms with Crippen molar-refractivity contribution in [3.8, 4) is 0 Å². The Morgan fingerprint density at radius 3 is 2.25 bits per heavy atom. The fraction of sp³-hybridized carbons (Fsp3) is 0.818. The van der Waals surface area contributed by atoms with Crippen LogP contribution >= 0.6 is 0 Å². The molecule has 16 heavy (non-hydrogen) atoms. The molecule has 0 aliphatic heterocycles. The van der Waals surface area contributed by atoms with E-state index < -0.39 is 0 Å². The molecule has 0 aliphatic rings. The zero-order chi connectivity index (χ0) is 12.7. The summed E-state index contributed by atoms with van der Waals surface area (Å²) < 4.78 is 4.51.